The Kier molecular flexibility index (Phi) is 49.1. The molecule has 0 saturated carbocycles. The molecule has 11 heteroatoms. The van der Waals surface area contributed by atoms with Crippen LogP contribution in [0.15, 0.2) is 0 Å². The first kappa shape index (κ1) is 63.0. The predicted octanol–water partition coefficient (Wildman–Crippen LogP) is 15.7. The van der Waals surface area contributed by atoms with E-state index in [4.69, 9.17) is 23.6 Å². The van der Waals surface area contributed by atoms with E-state index in [9.17, 15) is 24.2 Å². The van der Waals surface area contributed by atoms with Crippen LogP contribution < -0.4 is 0 Å². The third-order valence-electron chi connectivity index (χ3n) is 12.5. The fraction of sp³-hybridized carbons (Fsp3) is 0.962. The number of aliphatic hydroxyl groups excluding tert-OH is 2. The van der Waals surface area contributed by atoms with Crippen molar-refractivity contribution in [3.63, 3.8) is 0 Å². The minimum atomic E-state index is -4.62. The van der Waals surface area contributed by atoms with Crippen LogP contribution in [0.25, 0.3) is 0 Å². The highest BCUT2D eigenvalue weighted by atomic mass is 31.2. The largest absolute Gasteiger partial charge is 0.472 e. The molecular formula is C53H105O10P. The molecular weight excluding hydrogens is 828 g/mol. The Morgan fingerprint density at radius 3 is 0.969 bits per heavy atom. The van der Waals surface area contributed by atoms with Gasteiger partial charge in [-0.3, -0.25) is 18.6 Å². The van der Waals surface area contributed by atoms with E-state index in [-0.39, 0.29) is 19.4 Å². The van der Waals surface area contributed by atoms with Crippen molar-refractivity contribution in [2.45, 2.75) is 302 Å². The Bertz CT molecular complexity index is 1030. The predicted molar refractivity (Wildman–Crippen MR) is 266 cm³/mol. The monoisotopic (exact) mass is 933 g/mol. The summed E-state index contributed by atoms with van der Waals surface area (Å²) >= 11 is 0. The topological polar surface area (TPSA) is 149 Å². The average Bonchev–Trinajstić information content (AvgIpc) is 3.28. The second-order valence-corrected chi connectivity index (χ2v) is 20.4. The van der Waals surface area contributed by atoms with E-state index in [1.54, 1.807) is 0 Å². The molecule has 0 bridgehead atoms. The van der Waals surface area contributed by atoms with Crippen LogP contribution in [0.3, 0.4) is 0 Å². The van der Waals surface area contributed by atoms with Gasteiger partial charge in [0.15, 0.2) is 6.10 Å². The lowest BCUT2D eigenvalue weighted by molar-refractivity contribution is -0.161. The maximum absolute atomic E-state index is 12.7. The highest BCUT2D eigenvalue weighted by Crippen LogP contribution is 2.43. The zero-order chi connectivity index (χ0) is 46.9. The number of carbonyl (C=O) groups excluding carboxylic acids is 2. The minimum absolute atomic E-state index is 0.193. The molecule has 0 amide bonds. The fourth-order valence-electron chi connectivity index (χ4n) is 8.29. The van der Waals surface area contributed by atoms with Crippen molar-refractivity contribution in [2.24, 2.45) is 0 Å². The van der Waals surface area contributed by atoms with E-state index >= 15 is 0 Å². The molecule has 0 fully saturated rings. The number of hydrogen-bond donors (Lipinski definition) is 3. The number of phosphoric ester groups is 1. The SMILES string of the molecule is CCCCCCCCCCCCCCCCCCCCCCCCC(=O)O[C@H](COC(=O)CCCCCCCCCCCCCCCCCCCCC)COP(=O)(O)OC[C@@H](O)CO. The summed E-state index contributed by atoms with van der Waals surface area (Å²) < 4.78 is 32.9. The van der Waals surface area contributed by atoms with E-state index in [2.05, 4.69) is 13.8 Å². The van der Waals surface area contributed by atoms with Gasteiger partial charge in [-0.25, -0.2) is 4.57 Å². The van der Waals surface area contributed by atoms with E-state index in [1.165, 1.54) is 218 Å². The molecule has 1 unspecified atom stereocenters. The van der Waals surface area contributed by atoms with Crippen molar-refractivity contribution in [3.8, 4) is 0 Å². The van der Waals surface area contributed by atoms with Gasteiger partial charge in [0.1, 0.15) is 12.7 Å². The summed E-state index contributed by atoms with van der Waals surface area (Å²) in [6.07, 6.45) is 50.8. The summed E-state index contributed by atoms with van der Waals surface area (Å²) in [5.41, 5.74) is 0. The lowest BCUT2D eigenvalue weighted by Gasteiger charge is -2.20. The molecule has 64 heavy (non-hydrogen) atoms. The number of esters is 2. The Labute approximate surface area is 394 Å². The van der Waals surface area contributed by atoms with Gasteiger partial charge in [-0.15, -0.1) is 0 Å². The first-order chi connectivity index (χ1) is 31.2. The molecule has 0 aliphatic rings. The number of phosphoric acid groups is 1. The van der Waals surface area contributed by atoms with Gasteiger partial charge >= 0.3 is 19.8 Å². The van der Waals surface area contributed by atoms with Crippen molar-refractivity contribution in [1.82, 2.24) is 0 Å². The maximum atomic E-state index is 12.7. The molecule has 0 rings (SSSR count). The molecule has 0 aliphatic carbocycles. The summed E-state index contributed by atoms with van der Waals surface area (Å²) in [6.45, 7) is 2.47. The van der Waals surface area contributed by atoms with Crippen molar-refractivity contribution < 1.29 is 47.8 Å². The van der Waals surface area contributed by atoms with Gasteiger partial charge in [0.25, 0.3) is 0 Å². The fourth-order valence-corrected chi connectivity index (χ4v) is 9.08. The lowest BCUT2D eigenvalue weighted by Crippen LogP contribution is -2.29. The Balaban J connectivity index is 4.08. The van der Waals surface area contributed by atoms with Gasteiger partial charge in [0.2, 0.25) is 0 Å². The summed E-state index contributed by atoms with van der Waals surface area (Å²) in [6, 6.07) is 0. The first-order valence-corrected chi connectivity index (χ1v) is 29.0. The number of hydrogen-bond acceptors (Lipinski definition) is 9. The molecule has 0 radical (unpaired) electrons. The van der Waals surface area contributed by atoms with Crippen molar-refractivity contribution in [2.75, 3.05) is 26.4 Å². The number of carbonyl (C=O) groups is 2. The second-order valence-electron chi connectivity index (χ2n) is 19.0. The zero-order valence-electron chi connectivity index (χ0n) is 42.0. The molecule has 0 aromatic carbocycles. The van der Waals surface area contributed by atoms with Crippen molar-refractivity contribution in [3.05, 3.63) is 0 Å². The van der Waals surface area contributed by atoms with Gasteiger partial charge < -0.3 is 24.6 Å². The van der Waals surface area contributed by atoms with Gasteiger partial charge in [0, 0.05) is 12.8 Å². The molecule has 0 aliphatic heterocycles. The normalized spacial score (nSPS) is 13.5. The third kappa shape index (κ3) is 48.9. The van der Waals surface area contributed by atoms with Crippen LogP contribution in [-0.4, -0.2) is 65.7 Å². The van der Waals surface area contributed by atoms with Crippen molar-refractivity contribution >= 4 is 19.8 Å². The first-order valence-electron chi connectivity index (χ1n) is 27.5. The highest BCUT2D eigenvalue weighted by molar-refractivity contribution is 7.47. The van der Waals surface area contributed by atoms with Gasteiger partial charge in [-0.1, -0.05) is 264 Å². The van der Waals surface area contributed by atoms with Crippen LogP contribution >= 0.6 is 7.82 Å². The molecule has 0 saturated heterocycles. The summed E-state index contributed by atoms with van der Waals surface area (Å²) in [7, 11) is -4.62. The average molecular weight is 933 g/mol. The number of ether oxygens (including phenoxy) is 2. The number of rotatable bonds is 53. The van der Waals surface area contributed by atoms with E-state index in [0.29, 0.717) is 12.8 Å². The van der Waals surface area contributed by atoms with E-state index in [0.717, 1.165) is 32.1 Å². The molecule has 382 valence electrons. The van der Waals surface area contributed by atoms with Crippen LogP contribution in [0.4, 0.5) is 0 Å². The molecule has 0 heterocycles. The molecule has 0 aromatic heterocycles. The standard InChI is InChI=1S/C53H105O10P/c1-3-5-7-9-11-13-15-17-19-21-23-24-25-27-29-31-33-35-37-39-41-43-45-53(57)63-51(49-62-64(58,59)61-47-50(55)46-54)48-60-52(56)44-42-40-38-36-34-32-30-28-26-22-20-18-16-14-12-10-8-6-4-2/h50-51,54-55H,3-49H2,1-2H3,(H,58,59)/t50-,51+/m0/s1. The smallest absolute Gasteiger partial charge is 0.462 e. The van der Waals surface area contributed by atoms with Crippen LogP contribution in [0, 0.1) is 0 Å². The molecule has 0 aromatic rings. The van der Waals surface area contributed by atoms with Gasteiger partial charge in [-0.05, 0) is 12.8 Å². The Morgan fingerprint density at radius 1 is 0.406 bits per heavy atom. The van der Waals surface area contributed by atoms with Crippen LogP contribution in [0.1, 0.15) is 290 Å². The highest BCUT2D eigenvalue weighted by Gasteiger charge is 2.27. The molecule has 3 atom stereocenters. The molecule has 3 N–H and O–H groups in total. The second kappa shape index (κ2) is 49.9. The van der Waals surface area contributed by atoms with Crippen LogP contribution in [0.2, 0.25) is 0 Å². The zero-order valence-corrected chi connectivity index (χ0v) is 42.9. The van der Waals surface area contributed by atoms with Crippen LogP contribution in [0.5, 0.6) is 0 Å². The number of unbranched alkanes of at least 4 members (excludes halogenated alkanes) is 39. The van der Waals surface area contributed by atoms with Gasteiger partial charge in [-0.2, -0.15) is 0 Å². The third-order valence-corrected chi connectivity index (χ3v) is 13.5. The Morgan fingerprint density at radius 2 is 0.672 bits per heavy atom. The summed E-state index contributed by atoms with van der Waals surface area (Å²) in [5.74, 6) is -0.900. The lowest BCUT2D eigenvalue weighted by atomic mass is 10.0. The summed E-state index contributed by atoms with van der Waals surface area (Å²) in [5, 5.41) is 18.4. The minimum Gasteiger partial charge on any atom is -0.462 e. The van der Waals surface area contributed by atoms with E-state index < -0.39 is 51.8 Å². The molecule has 10 nitrogen and oxygen atoms in total. The molecule has 0 spiro atoms. The van der Waals surface area contributed by atoms with Crippen LogP contribution in [-0.2, 0) is 32.7 Å². The number of aliphatic hydroxyl groups is 2. The maximum Gasteiger partial charge on any atom is 0.472 e. The van der Waals surface area contributed by atoms with E-state index in [1.807, 2.05) is 0 Å². The van der Waals surface area contributed by atoms with Crippen molar-refractivity contribution in [1.29, 1.82) is 0 Å². The quantitative estimate of drug-likeness (QED) is 0.0306. The summed E-state index contributed by atoms with van der Waals surface area (Å²) in [4.78, 5) is 35.2. The Hall–Kier alpha value is -1.03. The van der Waals surface area contributed by atoms with Gasteiger partial charge in [0.05, 0.1) is 19.8 Å².